The van der Waals surface area contributed by atoms with Crippen molar-refractivity contribution in [3.63, 3.8) is 0 Å². The second-order valence-corrected chi connectivity index (χ2v) is 5.62. The van der Waals surface area contributed by atoms with E-state index in [0.29, 0.717) is 24.6 Å². The highest BCUT2D eigenvalue weighted by Gasteiger charge is 2.28. The smallest absolute Gasteiger partial charge is 0.251 e. The molecule has 1 saturated heterocycles. The molecule has 1 aliphatic heterocycles. The van der Waals surface area contributed by atoms with Gasteiger partial charge in [0.05, 0.1) is 0 Å². The highest BCUT2D eigenvalue weighted by Crippen LogP contribution is 2.15. The highest BCUT2D eigenvalue weighted by molar-refractivity contribution is 5.94. The summed E-state index contributed by atoms with van der Waals surface area (Å²) in [6.45, 7) is 6.63. The first-order chi connectivity index (χ1) is 10.1. The molecule has 1 aromatic carbocycles. The molecule has 1 aliphatic rings. The van der Waals surface area contributed by atoms with Crippen molar-refractivity contribution in [3.05, 3.63) is 35.4 Å². The summed E-state index contributed by atoms with van der Waals surface area (Å²) in [4.78, 5) is 23.8. The molecule has 5 heteroatoms. The van der Waals surface area contributed by atoms with Gasteiger partial charge < -0.3 is 16.0 Å². The molecule has 1 fully saturated rings. The maximum absolute atomic E-state index is 11.9. The van der Waals surface area contributed by atoms with Crippen LogP contribution in [0.2, 0.25) is 0 Å². The monoisotopic (exact) mass is 289 g/mol. The van der Waals surface area contributed by atoms with Crippen LogP contribution < -0.4 is 16.0 Å². The first-order valence-corrected chi connectivity index (χ1v) is 7.41. The fraction of sp³-hybridized carbons (Fsp3) is 0.500. The summed E-state index contributed by atoms with van der Waals surface area (Å²) in [6.07, 6.45) is 0. The van der Waals surface area contributed by atoms with E-state index in [2.05, 4.69) is 16.0 Å². The predicted octanol–water partition coefficient (Wildman–Crippen LogP) is 0.697. The predicted molar refractivity (Wildman–Crippen MR) is 82.0 cm³/mol. The van der Waals surface area contributed by atoms with Crippen LogP contribution >= 0.6 is 0 Å². The van der Waals surface area contributed by atoms with Gasteiger partial charge in [-0.25, -0.2) is 0 Å². The summed E-state index contributed by atoms with van der Waals surface area (Å²) >= 11 is 0. The average molecular weight is 289 g/mol. The zero-order valence-electron chi connectivity index (χ0n) is 12.6. The van der Waals surface area contributed by atoms with Crippen molar-refractivity contribution in [2.24, 2.45) is 11.8 Å². The Bertz CT molecular complexity index is 512. The van der Waals surface area contributed by atoms with Crippen LogP contribution in [0.1, 0.15) is 22.8 Å². The number of nitrogens with one attached hydrogen (secondary N) is 3. The lowest BCUT2D eigenvalue weighted by molar-refractivity contribution is -0.126. The van der Waals surface area contributed by atoms with Crippen LogP contribution in [0.5, 0.6) is 0 Å². The number of rotatable bonds is 6. The maximum Gasteiger partial charge on any atom is 0.251 e. The number of amides is 2. The van der Waals surface area contributed by atoms with Gasteiger partial charge in [0.1, 0.15) is 0 Å². The van der Waals surface area contributed by atoms with Crippen LogP contribution in [0.25, 0.3) is 0 Å². The molecule has 1 atom stereocenters. The molecule has 0 aliphatic carbocycles. The van der Waals surface area contributed by atoms with Crippen molar-refractivity contribution in [2.75, 3.05) is 26.2 Å². The van der Waals surface area contributed by atoms with Gasteiger partial charge in [-0.05, 0) is 38.1 Å². The van der Waals surface area contributed by atoms with Crippen LogP contribution in [0.3, 0.4) is 0 Å². The molecule has 1 aromatic rings. The Labute approximate surface area is 125 Å². The van der Waals surface area contributed by atoms with E-state index in [-0.39, 0.29) is 17.7 Å². The fourth-order valence-corrected chi connectivity index (χ4v) is 2.29. The Hall–Kier alpha value is -1.88. The van der Waals surface area contributed by atoms with E-state index in [9.17, 15) is 9.59 Å². The topological polar surface area (TPSA) is 70.2 Å². The molecule has 0 bridgehead atoms. The van der Waals surface area contributed by atoms with Gasteiger partial charge in [-0.15, -0.1) is 0 Å². The third-order valence-electron chi connectivity index (χ3n) is 3.92. The third kappa shape index (κ3) is 4.29. The molecule has 2 amide bonds. The Balaban J connectivity index is 1.67. The summed E-state index contributed by atoms with van der Waals surface area (Å²) in [7, 11) is 0. The molecule has 0 saturated carbocycles. The lowest BCUT2D eigenvalue weighted by atomic mass is 9.88. The number of carbonyl (C=O) groups excluding carboxylic acids is 2. The van der Waals surface area contributed by atoms with E-state index >= 15 is 0 Å². The highest BCUT2D eigenvalue weighted by atomic mass is 16.2. The standard InChI is InChI=1S/C16H23N3O2/c1-11-4-3-5-13(8-11)16(21)19-7-6-18-15(20)12(2)14-9-17-10-14/h3-5,8,12,14,17H,6-7,9-10H2,1-2H3,(H,18,20)(H,19,21). The van der Waals surface area contributed by atoms with Crippen molar-refractivity contribution < 1.29 is 9.59 Å². The minimum Gasteiger partial charge on any atom is -0.354 e. The zero-order valence-corrected chi connectivity index (χ0v) is 12.6. The summed E-state index contributed by atoms with van der Waals surface area (Å²) in [5, 5.41) is 8.84. The number of benzene rings is 1. The van der Waals surface area contributed by atoms with Crippen molar-refractivity contribution in [1.82, 2.24) is 16.0 Å². The van der Waals surface area contributed by atoms with Gasteiger partial charge in [-0.3, -0.25) is 9.59 Å². The molecule has 3 N–H and O–H groups in total. The fourth-order valence-electron chi connectivity index (χ4n) is 2.29. The molecule has 1 heterocycles. The van der Waals surface area contributed by atoms with E-state index in [1.54, 1.807) is 6.07 Å². The van der Waals surface area contributed by atoms with Gasteiger partial charge in [0.15, 0.2) is 0 Å². The quantitative estimate of drug-likeness (QED) is 0.675. The lowest BCUT2D eigenvalue weighted by Crippen LogP contribution is -2.50. The van der Waals surface area contributed by atoms with Crippen LogP contribution in [-0.2, 0) is 4.79 Å². The van der Waals surface area contributed by atoms with Gasteiger partial charge >= 0.3 is 0 Å². The van der Waals surface area contributed by atoms with Crippen molar-refractivity contribution >= 4 is 11.8 Å². The summed E-state index contributed by atoms with van der Waals surface area (Å²) in [6, 6.07) is 7.44. The summed E-state index contributed by atoms with van der Waals surface area (Å²) < 4.78 is 0. The van der Waals surface area contributed by atoms with Gasteiger partial charge in [-0.2, -0.15) is 0 Å². The van der Waals surface area contributed by atoms with E-state index in [4.69, 9.17) is 0 Å². The minimum atomic E-state index is -0.107. The van der Waals surface area contributed by atoms with Crippen molar-refractivity contribution in [2.45, 2.75) is 13.8 Å². The van der Waals surface area contributed by atoms with Crippen LogP contribution in [-0.4, -0.2) is 38.0 Å². The summed E-state index contributed by atoms with van der Waals surface area (Å²) in [5.74, 6) is 0.418. The molecule has 2 rings (SSSR count). The van der Waals surface area contributed by atoms with Crippen molar-refractivity contribution in [3.8, 4) is 0 Å². The lowest BCUT2D eigenvalue weighted by Gasteiger charge is -2.31. The Kier molecular flexibility index (Phi) is 5.33. The Morgan fingerprint density at radius 3 is 2.62 bits per heavy atom. The largest absolute Gasteiger partial charge is 0.354 e. The van der Waals surface area contributed by atoms with Crippen LogP contribution in [0.4, 0.5) is 0 Å². The van der Waals surface area contributed by atoms with E-state index in [0.717, 1.165) is 18.7 Å². The number of carbonyl (C=O) groups is 2. The molecule has 0 radical (unpaired) electrons. The Morgan fingerprint density at radius 1 is 1.29 bits per heavy atom. The second kappa shape index (κ2) is 7.22. The van der Waals surface area contributed by atoms with E-state index < -0.39 is 0 Å². The van der Waals surface area contributed by atoms with E-state index in [1.807, 2.05) is 32.0 Å². The molecule has 21 heavy (non-hydrogen) atoms. The second-order valence-electron chi connectivity index (χ2n) is 5.62. The SMILES string of the molecule is Cc1cccc(C(=O)NCCNC(=O)C(C)C2CNC2)c1. The van der Waals surface area contributed by atoms with Crippen LogP contribution in [0, 0.1) is 18.8 Å². The van der Waals surface area contributed by atoms with Crippen LogP contribution in [0.15, 0.2) is 24.3 Å². The molecule has 0 aromatic heterocycles. The maximum atomic E-state index is 11.9. The molecule has 0 spiro atoms. The minimum absolute atomic E-state index is 0.0266. The van der Waals surface area contributed by atoms with Gasteiger partial charge in [-0.1, -0.05) is 24.6 Å². The molecule has 114 valence electrons. The summed E-state index contributed by atoms with van der Waals surface area (Å²) in [5.41, 5.74) is 1.70. The zero-order chi connectivity index (χ0) is 15.2. The van der Waals surface area contributed by atoms with Gasteiger partial charge in [0.25, 0.3) is 5.91 Å². The number of aryl methyl sites for hydroxylation is 1. The third-order valence-corrected chi connectivity index (χ3v) is 3.92. The number of hydrogen-bond acceptors (Lipinski definition) is 3. The molecule has 1 unspecified atom stereocenters. The van der Waals surface area contributed by atoms with Gasteiger partial charge in [0, 0.05) is 24.6 Å². The average Bonchev–Trinajstić information content (AvgIpc) is 2.41. The first-order valence-electron chi connectivity index (χ1n) is 7.41. The molecule has 5 nitrogen and oxygen atoms in total. The van der Waals surface area contributed by atoms with Gasteiger partial charge in [0.2, 0.25) is 5.91 Å². The molecular weight excluding hydrogens is 266 g/mol. The molecular formula is C16H23N3O2. The van der Waals surface area contributed by atoms with Crippen molar-refractivity contribution in [1.29, 1.82) is 0 Å². The first kappa shape index (κ1) is 15.5. The van der Waals surface area contributed by atoms with E-state index in [1.165, 1.54) is 0 Å². The number of hydrogen-bond donors (Lipinski definition) is 3. The normalized spacial score (nSPS) is 15.9. The Morgan fingerprint density at radius 2 is 2.00 bits per heavy atom.